The van der Waals surface area contributed by atoms with Gasteiger partial charge in [-0.15, -0.1) is 0 Å². The van der Waals surface area contributed by atoms with E-state index in [2.05, 4.69) is 15.8 Å². The van der Waals surface area contributed by atoms with Gasteiger partial charge in [-0.25, -0.2) is 4.79 Å². The van der Waals surface area contributed by atoms with Crippen LogP contribution < -0.4 is 10.6 Å². The highest BCUT2D eigenvalue weighted by molar-refractivity contribution is 6.31. The number of oxime groups is 1. The Bertz CT molecular complexity index is 642. The molecule has 0 spiro atoms. The number of para-hydroxylation sites is 1. The van der Waals surface area contributed by atoms with Crippen molar-refractivity contribution < 1.29 is 29.7 Å². The first-order chi connectivity index (χ1) is 12.1. The van der Waals surface area contributed by atoms with Gasteiger partial charge in [0.1, 0.15) is 17.9 Å². The molecule has 0 bridgehead atoms. The first-order valence-electron chi connectivity index (χ1n) is 8.04. The predicted octanol–water partition coefficient (Wildman–Crippen LogP) is 1.39. The Morgan fingerprint density at radius 3 is 2.54 bits per heavy atom. The van der Waals surface area contributed by atoms with Crippen molar-refractivity contribution in [1.82, 2.24) is 5.32 Å². The standard InChI is InChI=1S/C17H25N3O6/c1-17(2,3)26-16(24)18-9-8-13(21)15(23)11-6-4-5-7-12(11)20-14(22)10-19-25/h4-7,10,13,15,21,23,25H,8-9H2,1-3H3,(H,18,24)(H,20,22). The molecule has 1 aromatic carbocycles. The van der Waals surface area contributed by atoms with Crippen molar-refractivity contribution in [3.05, 3.63) is 29.8 Å². The smallest absolute Gasteiger partial charge is 0.407 e. The molecule has 2 amide bonds. The number of rotatable bonds is 7. The zero-order valence-electron chi connectivity index (χ0n) is 15.0. The van der Waals surface area contributed by atoms with E-state index in [9.17, 15) is 19.8 Å². The van der Waals surface area contributed by atoms with Crippen molar-refractivity contribution in [3.8, 4) is 0 Å². The van der Waals surface area contributed by atoms with E-state index in [-0.39, 0.29) is 24.2 Å². The Kier molecular flexibility index (Phi) is 8.01. The normalized spacial score (nSPS) is 13.9. The molecule has 144 valence electrons. The van der Waals surface area contributed by atoms with Crippen LogP contribution in [0.4, 0.5) is 10.5 Å². The lowest BCUT2D eigenvalue weighted by Crippen LogP contribution is -2.34. The van der Waals surface area contributed by atoms with Gasteiger partial charge in [-0.1, -0.05) is 23.4 Å². The second-order valence-corrected chi connectivity index (χ2v) is 6.55. The molecule has 0 aliphatic heterocycles. The molecule has 5 N–H and O–H groups in total. The van der Waals surface area contributed by atoms with Crippen LogP contribution in [0.15, 0.2) is 29.4 Å². The number of carbonyl (C=O) groups is 2. The Labute approximate surface area is 151 Å². The summed E-state index contributed by atoms with van der Waals surface area (Å²) in [5, 5.41) is 36.4. The number of hydrogen-bond donors (Lipinski definition) is 5. The summed E-state index contributed by atoms with van der Waals surface area (Å²) < 4.78 is 5.08. The van der Waals surface area contributed by atoms with E-state index in [1.54, 1.807) is 39.0 Å². The van der Waals surface area contributed by atoms with Gasteiger partial charge in [0.15, 0.2) is 0 Å². The van der Waals surface area contributed by atoms with Gasteiger partial charge in [0, 0.05) is 17.8 Å². The maximum absolute atomic E-state index is 11.6. The first-order valence-corrected chi connectivity index (χ1v) is 8.04. The molecule has 0 saturated heterocycles. The summed E-state index contributed by atoms with van der Waals surface area (Å²) in [7, 11) is 0. The van der Waals surface area contributed by atoms with Crippen molar-refractivity contribution in [2.24, 2.45) is 5.16 Å². The Balaban J connectivity index is 2.64. The highest BCUT2D eigenvalue weighted by Gasteiger charge is 2.22. The number of nitrogens with one attached hydrogen (secondary N) is 2. The van der Waals surface area contributed by atoms with Crippen molar-refractivity contribution >= 4 is 23.9 Å². The molecule has 9 nitrogen and oxygen atoms in total. The monoisotopic (exact) mass is 367 g/mol. The molecular formula is C17H25N3O6. The number of benzene rings is 1. The number of anilines is 1. The average Bonchev–Trinajstić information content (AvgIpc) is 2.53. The molecule has 0 fully saturated rings. The molecule has 1 aromatic rings. The zero-order chi connectivity index (χ0) is 19.7. The van der Waals surface area contributed by atoms with Gasteiger partial charge in [-0.2, -0.15) is 0 Å². The van der Waals surface area contributed by atoms with Gasteiger partial charge in [-0.05, 0) is 33.3 Å². The van der Waals surface area contributed by atoms with Crippen molar-refractivity contribution in [3.63, 3.8) is 0 Å². The minimum Gasteiger partial charge on any atom is -0.444 e. The Morgan fingerprint density at radius 2 is 1.92 bits per heavy atom. The molecule has 1 rings (SSSR count). The molecule has 2 atom stereocenters. The third-order valence-electron chi connectivity index (χ3n) is 3.19. The van der Waals surface area contributed by atoms with Gasteiger partial charge >= 0.3 is 6.09 Å². The second kappa shape index (κ2) is 9.73. The topological polar surface area (TPSA) is 140 Å². The minimum atomic E-state index is -1.29. The summed E-state index contributed by atoms with van der Waals surface area (Å²) in [5.74, 6) is -0.687. The van der Waals surface area contributed by atoms with Crippen LogP contribution in [0.5, 0.6) is 0 Å². The minimum absolute atomic E-state index is 0.0702. The van der Waals surface area contributed by atoms with E-state index >= 15 is 0 Å². The average molecular weight is 367 g/mol. The molecular weight excluding hydrogens is 342 g/mol. The number of aliphatic hydroxyl groups excluding tert-OH is 2. The van der Waals surface area contributed by atoms with Crippen LogP contribution in [0.25, 0.3) is 0 Å². The summed E-state index contributed by atoms with van der Waals surface area (Å²) in [5.41, 5.74) is -0.0713. The summed E-state index contributed by atoms with van der Waals surface area (Å²) in [6.45, 7) is 5.30. The number of aliphatic hydroxyl groups is 2. The molecule has 0 aromatic heterocycles. The van der Waals surface area contributed by atoms with E-state index in [0.29, 0.717) is 6.21 Å². The van der Waals surface area contributed by atoms with Gasteiger partial charge in [-0.3, -0.25) is 4.79 Å². The Hall–Kier alpha value is -2.65. The summed E-state index contributed by atoms with van der Waals surface area (Å²) >= 11 is 0. The third kappa shape index (κ3) is 7.49. The molecule has 0 saturated carbocycles. The maximum Gasteiger partial charge on any atom is 0.407 e. The van der Waals surface area contributed by atoms with Crippen LogP contribution in [-0.2, 0) is 9.53 Å². The number of amides is 2. The lowest BCUT2D eigenvalue weighted by atomic mass is 10.00. The van der Waals surface area contributed by atoms with Crippen molar-refractivity contribution in [2.75, 3.05) is 11.9 Å². The van der Waals surface area contributed by atoms with E-state index in [0.717, 1.165) is 0 Å². The molecule has 0 radical (unpaired) electrons. The van der Waals surface area contributed by atoms with Crippen LogP contribution in [-0.4, -0.2) is 51.9 Å². The van der Waals surface area contributed by atoms with Crippen molar-refractivity contribution in [2.45, 2.75) is 45.0 Å². The van der Waals surface area contributed by atoms with Gasteiger partial charge in [0.25, 0.3) is 5.91 Å². The highest BCUT2D eigenvalue weighted by atomic mass is 16.6. The summed E-state index contributed by atoms with van der Waals surface area (Å²) in [4.78, 5) is 23.1. The molecule has 9 heteroatoms. The van der Waals surface area contributed by atoms with Gasteiger partial charge in [0.05, 0.1) is 6.10 Å². The maximum atomic E-state index is 11.6. The Morgan fingerprint density at radius 1 is 1.27 bits per heavy atom. The SMILES string of the molecule is CC(C)(C)OC(=O)NCCC(O)C(O)c1ccccc1NC(=O)C=NO. The molecule has 0 heterocycles. The fraction of sp³-hybridized carbons (Fsp3) is 0.471. The van der Waals surface area contributed by atoms with E-state index in [1.165, 1.54) is 6.07 Å². The molecule has 0 aliphatic carbocycles. The predicted molar refractivity (Wildman–Crippen MR) is 95.2 cm³/mol. The fourth-order valence-electron chi connectivity index (χ4n) is 2.09. The van der Waals surface area contributed by atoms with E-state index < -0.39 is 29.8 Å². The number of carbonyl (C=O) groups excluding carboxylic acids is 2. The highest BCUT2D eigenvalue weighted by Crippen LogP contribution is 2.26. The largest absolute Gasteiger partial charge is 0.444 e. The summed E-state index contributed by atoms with van der Waals surface area (Å²) in [6, 6.07) is 6.35. The molecule has 26 heavy (non-hydrogen) atoms. The van der Waals surface area contributed by atoms with Crippen LogP contribution >= 0.6 is 0 Å². The fourth-order valence-corrected chi connectivity index (χ4v) is 2.09. The number of ether oxygens (including phenoxy) is 1. The quantitative estimate of drug-likeness (QED) is 0.280. The van der Waals surface area contributed by atoms with Crippen LogP contribution in [0.3, 0.4) is 0 Å². The molecule has 0 aliphatic rings. The first kappa shape index (κ1) is 21.4. The van der Waals surface area contributed by atoms with Gasteiger partial charge < -0.3 is 30.8 Å². The van der Waals surface area contributed by atoms with E-state index in [4.69, 9.17) is 9.94 Å². The van der Waals surface area contributed by atoms with Crippen LogP contribution in [0.1, 0.15) is 38.9 Å². The van der Waals surface area contributed by atoms with Crippen LogP contribution in [0.2, 0.25) is 0 Å². The summed E-state index contributed by atoms with van der Waals surface area (Å²) in [6.07, 6.45) is -2.35. The number of alkyl carbamates (subject to hydrolysis) is 1. The lowest BCUT2D eigenvalue weighted by Gasteiger charge is -2.22. The number of nitrogens with zero attached hydrogens (tertiary/aromatic N) is 1. The molecule has 2 unspecified atom stereocenters. The van der Waals surface area contributed by atoms with Crippen molar-refractivity contribution in [1.29, 1.82) is 0 Å². The zero-order valence-corrected chi connectivity index (χ0v) is 15.0. The lowest BCUT2D eigenvalue weighted by molar-refractivity contribution is -0.110. The van der Waals surface area contributed by atoms with E-state index in [1.807, 2.05) is 0 Å². The van der Waals surface area contributed by atoms with Crippen LogP contribution in [0, 0.1) is 0 Å². The number of hydrogen-bond acceptors (Lipinski definition) is 7. The third-order valence-corrected chi connectivity index (χ3v) is 3.19. The van der Waals surface area contributed by atoms with Gasteiger partial charge in [0.2, 0.25) is 0 Å². The second-order valence-electron chi connectivity index (χ2n) is 6.55.